The first kappa shape index (κ1) is 22.6. The summed E-state index contributed by atoms with van der Waals surface area (Å²) in [5.74, 6) is 2.23. The first-order valence-electron chi connectivity index (χ1n) is 11.2. The van der Waals surface area contributed by atoms with Gasteiger partial charge in [-0.25, -0.2) is 9.97 Å². The molecule has 1 saturated heterocycles. The Morgan fingerprint density at radius 2 is 1.79 bits per heavy atom. The number of aromatic nitrogens is 2. The molecular formula is C26H30N4O3. The van der Waals surface area contributed by atoms with E-state index < -0.39 is 0 Å². The van der Waals surface area contributed by atoms with Crippen LogP contribution in [-0.2, 0) is 11.3 Å². The van der Waals surface area contributed by atoms with Crippen molar-refractivity contribution in [2.75, 3.05) is 32.2 Å². The van der Waals surface area contributed by atoms with E-state index >= 15 is 0 Å². The first-order valence-corrected chi connectivity index (χ1v) is 11.2. The van der Waals surface area contributed by atoms with Crippen LogP contribution >= 0.6 is 0 Å². The molecule has 1 aliphatic rings. The van der Waals surface area contributed by atoms with Gasteiger partial charge in [-0.1, -0.05) is 29.8 Å². The van der Waals surface area contributed by atoms with Gasteiger partial charge in [0.05, 0.1) is 14.2 Å². The van der Waals surface area contributed by atoms with Crippen LogP contribution in [0.25, 0.3) is 11.1 Å². The maximum absolute atomic E-state index is 12.8. The lowest BCUT2D eigenvalue weighted by Crippen LogP contribution is -2.41. The van der Waals surface area contributed by atoms with E-state index in [4.69, 9.17) is 9.47 Å². The molecule has 33 heavy (non-hydrogen) atoms. The molecule has 0 spiro atoms. The number of nitrogens with one attached hydrogen (secondary N) is 1. The fourth-order valence-electron chi connectivity index (χ4n) is 4.15. The summed E-state index contributed by atoms with van der Waals surface area (Å²) in [6.07, 6.45) is 5.28. The fourth-order valence-corrected chi connectivity index (χ4v) is 4.15. The Balaban J connectivity index is 1.31. The number of carbonyl (C=O) groups is 1. The summed E-state index contributed by atoms with van der Waals surface area (Å²) < 4.78 is 10.7. The number of amides is 1. The van der Waals surface area contributed by atoms with E-state index in [0.29, 0.717) is 12.5 Å². The summed E-state index contributed by atoms with van der Waals surface area (Å²) in [5, 5.41) is 3.06. The van der Waals surface area contributed by atoms with E-state index in [2.05, 4.69) is 45.3 Å². The zero-order valence-electron chi connectivity index (χ0n) is 19.4. The molecule has 2 heterocycles. The monoisotopic (exact) mass is 446 g/mol. The van der Waals surface area contributed by atoms with Crippen molar-refractivity contribution in [2.24, 2.45) is 5.92 Å². The van der Waals surface area contributed by atoms with Crippen molar-refractivity contribution >= 4 is 11.9 Å². The highest BCUT2D eigenvalue weighted by molar-refractivity contribution is 5.79. The SMILES string of the molecule is COc1ccc(OC)c(CNC(=O)C2CCN(c3ncc(-c4cccc(C)c4)cn3)CC2)c1. The lowest BCUT2D eigenvalue weighted by atomic mass is 9.96. The molecule has 1 aliphatic heterocycles. The Morgan fingerprint density at radius 1 is 1.03 bits per heavy atom. The number of benzene rings is 2. The fraction of sp³-hybridized carbons (Fsp3) is 0.346. The highest BCUT2D eigenvalue weighted by atomic mass is 16.5. The Kier molecular flexibility index (Phi) is 7.07. The first-order chi connectivity index (χ1) is 16.1. The average molecular weight is 447 g/mol. The lowest BCUT2D eigenvalue weighted by molar-refractivity contribution is -0.125. The summed E-state index contributed by atoms with van der Waals surface area (Å²) in [7, 11) is 3.25. The van der Waals surface area contributed by atoms with E-state index in [-0.39, 0.29) is 11.8 Å². The number of carbonyl (C=O) groups excluding carboxylic acids is 1. The third-order valence-electron chi connectivity index (χ3n) is 6.08. The van der Waals surface area contributed by atoms with Crippen LogP contribution in [0.1, 0.15) is 24.0 Å². The van der Waals surface area contributed by atoms with Gasteiger partial charge in [-0.3, -0.25) is 4.79 Å². The van der Waals surface area contributed by atoms with Gasteiger partial charge in [0, 0.05) is 49.1 Å². The summed E-state index contributed by atoms with van der Waals surface area (Å²) in [6, 6.07) is 13.9. The number of aryl methyl sites for hydroxylation is 1. The molecular weight excluding hydrogens is 416 g/mol. The second-order valence-electron chi connectivity index (χ2n) is 8.30. The number of piperidine rings is 1. The molecule has 4 rings (SSSR count). The Hall–Kier alpha value is -3.61. The molecule has 7 heteroatoms. The van der Waals surface area contributed by atoms with Gasteiger partial charge in [-0.15, -0.1) is 0 Å². The van der Waals surface area contributed by atoms with Crippen LogP contribution in [0, 0.1) is 12.8 Å². The largest absolute Gasteiger partial charge is 0.497 e. The van der Waals surface area contributed by atoms with Crippen LogP contribution in [0.5, 0.6) is 11.5 Å². The number of methoxy groups -OCH3 is 2. The quantitative estimate of drug-likeness (QED) is 0.591. The number of ether oxygens (including phenoxy) is 2. The Morgan fingerprint density at radius 3 is 2.45 bits per heavy atom. The predicted octanol–water partition coefficient (Wildman–Crippen LogP) is 4.00. The highest BCUT2D eigenvalue weighted by Crippen LogP contribution is 2.26. The van der Waals surface area contributed by atoms with Gasteiger partial charge in [0.15, 0.2) is 0 Å². The molecule has 0 unspecified atom stereocenters. The Labute approximate surface area is 194 Å². The molecule has 0 atom stereocenters. The van der Waals surface area contributed by atoms with Crippen LogP contribution < -0.4 is 19.7 Å². The van der Waals surface area contributed by atoms with Crippen LogP contribution in [0.15, 0.2) is 54.9 Å². The number of rotatable bonds is 7. The molecule has 2 aromatic carbocycles. The van der Waals surface area contributed by atoms with Crippen molar-refractivity contribution in [1.29, 1.82) is 0 Å². The third kappa shape index (κ3) is 5.42. The maximum Gasteiger partial charge on any atom is 0.225 e. The van der Waals surface area contributed by atoms with Crippen molar-refractivity contribution in [3.63, 3.8) is 0 Å². The minimum atomic E-state index is -0.0237. The van der Waals surface area contributed by atoms with Crippen molar-refractivity contribution in [3.8, 4) is 22.6 Å². The Bertz CT molecular complexity index is 1090. The lowest BCUT2D eigenvalue weighted by Gasteiger charge is -2.31. The van der Waals surface area contributed by atoms with Gasteiger partial charge in [-0.2, -0.15) is 0 Å². The standard InChI is InChI=1S/C26H30N4O3/c1-18-5-4-6-20(13-18)22-16-28-26(29-17-22)30-11-9-19(10-12-30)25(31)27-15-21-14-23(32-2)7-8-24(21)33-3/h4-8,13-14,16-17,19H,9-12,15H2,1-3H3,(H,27,31). The second kappa shape index (κ2) is 10.3. The second-order valence-corrected chi connectivity index (χ2v) is 8.30. The van der Waals surface area contributed by atoms with Gasteiger partial charge >= 0.3 is 0 Å². The number of anilines is 1. The van der Waals surface area contributed by atoms with E-state index in [1.165, 1.54) is 5.56 Å². The van der Waals surface area contributed by atoms with Crippen molar-refractivity contribution in [2.45, 2.75) is 26.3 Å². The third-order valence-corrected chi connectivity index (χ3v) is 6.08. The minimum Gasteiger partial charge on any atom is -0.497 e. The van der Waals surface area contributed by atoms with Gasteiger partial charge in [0.1, 0.15) is 11.5 Å². The van der Waals surface area contributed by atoms with Crippen LogP contribution in [-0.4, -0.2) is 43.2 Å². The summed E-state index contributed by atoms with van der Waals surface area (Å²) in [5.41, 5.74) is 4.22. The van der Waals surface area contributed by atoms with Crippen LogP contribution in [0.4, 0.5) is 5.95 Å². The van der Waals surface area contributed by atoms with E-state index in [9.17, 15) is 4.79 Å². The summed E-state index contributed by atoms with van der Waals surface area (Å²) in [6.45, 7) is 3.99. The molecule has 1 N–H and O–H groups in total. The van der Waals surface area contributed by atoms with Crippen molar-refractivity contribution in [1.82, 2.24) is 15.3 Å². The zero-order valence-corrected chi connectivity index (χ0v) is 19.4. The van der Waals surface area contributed by atoms with Crippen LogP contribution in [0.2, 0.25) is 0 Å². The maximum atomic E-state index is 12.8. The molecule has 3 aromatic rings. The summed E-state index contributed by atoms with van der Waals surface area (Å²) in [4.78, 5) is 24.1. The van der Waals surface area contributed by atoms with Gasteiger partial charge in [0.2, 0.25) is 11.9 Å². The van der Waals surface area contributed by atoms with E-state index in [1.54, 1.807) is 14.2 Å². The van der Waals surface area contributed by atoms with Gasteiger partial charge in [0.25, 0.3) is 0 Å². The molecule has 1 amide bonds. The minimum absolute atomic E-state index is 0.0237. The van der Waals surface area contributed by atoms with Crippen molar-refractivity contribution < 1.29 is 14.3 Å². The smallest absolute Gasteiger partial charge is 0.225 e. The molecule has 0 aliphatic carbocycles. The normalized spacial score (nSPS) is 14.1. The molecule has 172 valence electrons. The number of hydrogen-bond acceptors (Lipinski definition) is 6. The number of hydrogen-bond donors (Lipinski definition) is 1. The van der Waals surface area contributed by atoms with Crippen LogP contribution in [0.3, 0.4) is 0 Å². The van der Waals surface area contributed by atoms with E-state index in [1.807, 2.05) is 36.7 Å². The summed E-state index contributed by atoms with van der Waals surface area (Å²) >= 11 is 0. The van der Waals surface area contributed by atoms with Gasteiger partial charge < -0.3 is 19.7 Å². The van der Waals surface area contributed by atoms with E-state index in [0.717, 1.165) is 54.1 Å². The molecule has 0 bridgehead atoms. The number of nitrogens with zero attached hydrogens (tertiary/aromatic N) is 3. The predicted molar refractivity (Wildman–Crippen MR) is 129 cm³/mol. The topological polar surface area (TPSA) is 76.6 Å². The molecule has 1 aromatic heterocycles. The average Bonchev–Trinajstić information content (AvgIpc) is 2.87. The molecule has 7 nitrogen and oxygen atoms in total. The van der Waals surface area contributed by atoms with Crippen molar-refractivity contribution in [3.05, 3.63) is 66.0 Å². The highest BCUT2D eigenvalue weighted by Gasteiger charge is 2.26. The van der Waals surface area contributed by atoms with Gasteiger partial charge in [-0.05, 0) is 43.5 Å². The molecule has 0 saturated carbocycles. The zero-order chi connectivity index (χ0) is 23.2. The molecule has 0 radical (unpaired) electrons. The molecule has 1 fully saturated rings.